The molecule has 0 unspecified atom stereocenters. The molecule has 3 heteroatoms. The molecule has 0 amide bonds. The second kappa shape index (κ2) is 9.79. The number of hydrogen-bond donors (Lipinski definition) is 1. The summed E-state index contributed by atoms with van der Waals surface area (Å²) in [6.07, 6.45) is 10.3. The number of thiophene rings is 1. The molecule has 0 fully saturated rings. The Hall–Kier alpha value is -1.09. The highest BCUT2D eigenvalue weighted by atomic mass is 32.1. The summed E-state index contributed by atoms with van der Waals surface area (Å²) in [6, 6.07) is 4.32. The van der Waals surface area contributed by atoms with E-state index in [4.69, 9.17) is 5.11 Å². The van der Waals surface area contributed by atoms with Crippen LogP contribution in [0.4, 0.5) is 0 Å². The Morgan fingerprint density at radius 1 is 1.11 bits per heavy atom. The van der Waals surface area contributed by atoms with E-state index in [-0.39, 0.29) is 0 Å². The normalized spacial score (nSPS) is 10.5. The topological polar surface area (TPSA) is 37.3 Å². The van der Waals surface area contributed by atoms with Gasteiger partial charge in [0.25, 0.3) is 0 Å². The molecule has 0 aliphatic carbocycles. The summed E-state index contributed by atoms with van der Waals surface area (Å²) in [5, 5.41) is 10.8. The van der Waals surface area contributed by atoms with Gasteiger partial charge < -0.3 is 5.11 Å². The van der Waals surface area contributed by atoms with Gasteiger partial charge >= 0.3 is 5.97 Å². The van der Waals surface area contributed by atoms with E-state index in [1.165, 1.54) is 43.4 Å². The van der Waals surface area contributed by atoms with Crippen LogP contribution in [0.1, 0.15) is 56.2 Å². The minimum atomic E-state index is -0.853. The summed E-state index contributed by atoms with van der Waals surface area (Å²) in [4.78, 5) is 12.0. The fourth-order valence-corrected chi connectivity index (χ4v) is 2.83. The van der Waals surface area contributed by atoms with Gasteiger partial charge in [-0.3, -0.25) is 0 Å². The summed E-state index contributed by atoms with van der Waals surface area (Å²) < 4.78 is 0. The molecule has 1 aromatic heterocycles. The molecule has 0 aliphatic rings. The molecule has 0 spiro atoms. The lowest BCUT2D eigenvalue weighted by Gasteiger charge is -2.02. The molecule has 0 saturated carbocycles. The fraction of sp³-hybridized carbons (Fsp3) is 0.562. The number of aryl methyl sites for hydroxylation is 1. The first-order valence-corrected chi connectivity index (χ1v) is 8.01. The third-order valence-corrected chi connectivity index (χ3v) is 4.22. The molecule has 1 N–H and O–H groups in total. The van der Waals surface area contributed by atoms with E-state index in [1.807, 2.05) is 11.3 Å². The van der Waals surface area contributed by atoms with Crippen LogP contribution in [0.3, 0.4) is 0 Å². The SMILES string of the molecule is C=C(CCCCCCCCCc1cccs1)C(=O)O. The lowest BCUT2D eigenvalue weighted by Crippen LogP contribution is -1.98. The van der Waals surface area contributed by atoms with Crippen LogP contribution in [0.2, 0.25) is 0 Å². The van der Waals surface area contributed by atoms with Crippen molar-refractivity contribution in [3.63, 3.8) is 0 Å². The second-order valence-electron chi connectivity index (χ2n) is 4.96. The van der Waals surface area contributed by atoms with Gasteiger partial charge in [0, 0.05) is 10.5 Å². The van der Waals surface area contributed by atoms with Crippen LogP contribution in [-0.4, -0.2) is 11.1 Å². The van der Waals surface area contributed by atoms with Crippen molar-refractivity contribution < 1.29 is 9.90 Å². The van der Waals surface area contributed by atoms with Crippen molar-refractivity contribution in [2.45, 2.75) is 57.8 Å². The Kier molecular flexibility index (Phi) is 8.23. The third kappa shape index (κ3) is 7.83. The van der Waals surface area contributed by atoms with Crippen LogP contribution < -0.4 is 0 Å². The van der Waals surface area contributed by atoms with Crippen LogP contribution in [0.25, 0.3) is 0 Å². The molecule has 0 aliphatic heterocycles. The number of carbonyl (C=O) groups is 1. The zero-order chi connectivity index (χ0) is 13.9. The number of hydrogen-bond acceptors (Lipinski definition) is 2. The summed E-state index contributed by atoms with van der Waals surface area (Å²) in [5.41, 5.74) is 0.343. The lowest BCUT2D eigenvalue weighted by molar-refractivity contribution is -0.132. The van der Waals surface area contributed by atoms with E-state index in [0.717, 1.165) is 12.8 Å². The molecular weight excluding hydrogens is 256 g/mol. The quantitative estimate of drug-likeness (QED) is 0.455. The number of carboxylic acid groups (broad SMARTS) is 1. The molecule has 0 radical (unpaired) electrons. The molecule has 106 valence electrons. The van der Waals surface area contributed by atoms with E-state index in [2.05, 4.69) is 24.1 Å². The van der Waals surface area contributed by atoms with Gasteiger partial charge in [0.2, 0.25) is 0 Å². The highest BCUT2D eigenvalue weighted by Crippen LogP contribution is 2.15. The maximum Gasteiger partial charge on any atom is 0.330 e. The molecule has 19 heavy (non-hydrogen) atoms. The Labute approximate surface area is 120 Å². The molecule has 0 aromatic carbocycles. The van der Waals surface area contributed by atoms with E-state index >= 15 is 0 Å². The lowest BCUT2D eigenvalue weighted by atomic mass is 10.0. The fourth-order valence-electron chi connectivity index (χ4n) is 2.08. The van der Waals surface area contributed by atoms with Crippen molar-refractivity contribution in [1.82, 2.24) is 0 Å². The summed E-state index contributed by atoms with van der Waals surface area (Å²) in [7, 11) is 0. The monoisotopic (exact) mass is 280 g/mol. The van der Waals surface area contributed by atoms with E-state index in [9.17, 15) is 4.79 Å². The standard InChI is InChI=1S/C16H24O2S/c1-14(16(17)18)10-7-5-3-2-4-6-8-11-15-12-9-13-19-15/h9,12-13H,1-8,10-11H2,(H,17,18). The smallest absolute Gasteiger partial charge is 0.330 e. The van der Waals surface area contributed by atoms with E-state index in [1.54, 1.807) is 0 Å². The minimum Gasteiger partial charge on any atom is -0.478 e. The first-order valence-electron chi connectivity index (χ1n) is 7.13. The summed E-state index contributed by atoms with van der Waals surface area (Å²) in [6.45, 7) is 3.54. The van der Waals surface area contributed by atoms with Gasteiger partial charge in [0.1, 0.15) is 0 Å². The van der Waals surface area contributed by atoms with Crippen molar-refractivity contribution >= 4 is 17.3 Å². The van der Waals surface area contributed by atoms with Gasteiger partial charge in [-0.2, -0.15) is 0 Å². The summed E-state index contributed by atoms with van der Waals surface area (Å²) in [5.74, 6) is -0.853. The van der Waals surface area contributed by atoms with Gasteiger partial charge in [-0.15, -0.1) is 11.3 Å². The number of aliphatic carboxylic acids is 1. The van der Waals surface area contributed by atoms with Crippen LogP contribution >= 0.6 is 11.3 Å². The highest BCUT2D eigenvalue weighted by molar-refractivity contribution is 7.09. The van der Waals surface area contributed by atoms with Crippen molar-refractivity contribution in [3.8, 4) is 0 Å². The van der Waals surface area contributed by atoms with Crippen molar-refractivity contribution in [1.29, 1.82) is 0 Å². The number of carboxylic acids is 1. The Balaban J connectivity index is 1.84. The van der Waals surface area contributed by atoms with Gasteiger partial charge in [0.05, 0.1) is 0 Å². The predicted octanol–water partition coefficient (Wildman–Crippen LogP) is 5.05. The van der Waals surface area contributed by atoms with Gasteiger partial charge in [-0.1, -0.05) is 44.7 Å². The van der Waals surface area contributed by atoms with Crippen LogP contribution in [0, 0.1) is 0 Å². The zero-order valence-corrected chi connectivity index (χ0v) is 12.4. The number of rotatable bonds is 11. The minimum absolute atomic E-state index is 0.343. The molecule has 1 rings (SSSR count). The van der Waals surface area contributed by atoms with Crippen LogP contribution in [0.5, 0.6) is 0 Å². The maximum absolute atomic E-state index is 10.5. The third-order valence-electron chi connectivity index (χ3n) is 3.28. The van der Waals surface area contributed by atoms with Crippen molar-refractivity contribution in [3.05, 3.63) is 34.5 Å². The molecular formula is C16H24O2S. The van der Waals surface area contributed by atoms with Gasteiger partial charge in [-0.05, 0) is 37.1 Å². The van der Waals surface area contributed by atoms with Gasteiger partial charge in [-0.25, -0.2) is 4.79 Å². The first-order chi connectivity index (χ1) is 9.20. The molecule has 0 saturated heterocycles. The average molecular weight is 280 g/mol. The number of unbranched alkanes of at least 4 members (excludes halogenated alkanes) is 6. The Morgan fingerprint density at radius 2 is 1.74 bits per heavy atom. The Bertz CT molecular complexity index is 368. The van der Waals surface area contributed by atoms with E-state index in [0.29, 0.717) is 12.0 Å². The predicted molar refractivity (Wildman–Crippen MR) is 81.7 cm³/mol. The first kappa shape index (κ1) is 16.0. The van der Waals surface area contributed by atoms with Gasteiger partial charge in [0.15, 0.2) is 0 Å². The largest absolute Gasteiger partial charge is 0.478 e. The average Bonchev–Trinajstić information content (AvgIpc) is 2.89. The molecule has 2 nitrogen and oxygen atoms in total. The zero-order valence-electron chi connectivity index (χ0n) is 11.6. The molecule has 1 aromatic rings. The van der Waals surface area contributed by atoms with Crippen LogP contribution in [-0.2, 0) is 11.2 Å². The second-order valence-corrected chi connectivity index (χ2v) is 6.00. The molecule has 0 atom stereocenters. The maximum atomic E-state index is 10.5. The van der Waals surface area contributed by atoms with Crippen LogP contribution in [0.15, 0.2) is 29.7 Å². The van der Waals surface area contributed by atoms with Crippen molar-refractivity contribution in [2.75, 3.05) is 0 Å². The Morgan fingerprint density at radius 3 is 2.32 bits per heavy atom. The highest BCUT2D eigenvalue weighted by Gasteiger charge is 2.02. The summed E-state index contributed by atoms with van der Waals surface area (Å²) >= 11 is 1.85. The molecule has 0 bridgehead atoms. The molecule has 1 heterocycles. The van der Waals surface area contributed by atoms with E-state index < -0.39 is 5.97 Å². The van der Waals surface area contributed by atoms with Crippen molar-refractivity contribution in [2.24, 2.45) is 0 Å².